The van der Waals surface area contributed by atoms with Crippen LogP contribution in [-0.2, 0) is 11.2 Å². The molecule has 0 aromatic heterocycles. The van der Waals surface area contributed by atoms with E-state index in [1.165, 1.54) is 0 Å². The van der Waals surface area contributed by atoms with Crippen molar-refractivity contribution < 1.29 is 14.3 Å². The molecule has 0 bridgehead atoms. The highest BCUT2D eigenvalue weighted by molar-refractivity contribution is 7.80. The molecule has 1 fully saturated rings. The van der Waals surface area contributed by atoms with E-state index < -0.39 is 0 Å². The van der Waals surface area contributed by atoms with Crippen molar-refractivity contribution in [1.29, 1.82) is 0 Å². The lowest BCUT2D eigenvalue weighted by atomic mass is 10.1. The number of hydrogen-bond acceptors (Lipinski definition) is 4. The van der Waals surface area contributed by atoms with Crippen LogP contribution in [0.25, 0.3) is 0 Å². The Morgan fingerprint density at radius 1 is 1.35 bits per heavy atom. The zero-order chi connectivity index (χ0) is 14.5. The van der Waals surface area contributed by atoms with Crippen LogP contribution in [0, 0.1) is 5.92 Å². The standard InChI is InChI=1S/C15H21NO3S/c1-18-13-5-3-4-12(15(13)19-2)6-7-16-9-11(10-20)8-14(16)17/h3-5,11,20H,6-10H2,1-2H3. The molecule has 4 nitrogen and oxygen atoms in total. The van der Waals surface area contributed by atoms with Crippen LogP contribution in [0.3, 0.4) is 0 Å². The summed E-state index contributed by atoms with van der Waals surface area (Å²) < 4.78 is 10.7. The Kier molecular flexibility index (Phi) is 5.17. The minimum Gasteiger partial charge on any atom is -0.493 e. The first-order valence-electron chi connectivity index (χ1n) is 6.78. The second-order valence-electron chi connectivity index (χ2n) is 5.00. The number of amides is 1. The molecule has 1 heterocycles. The summed E-state index contributed by atoms with van der Waals surface area (Å²) in [7, 11) is 3.27. The quantitative estimate of drug-likeness (QED) is 0.816. The number of likely N-dealkylation sites (tertiary alicyclic amines) is 1. The average Bonchev–Trinajstić information content (AvgIpc) is 2.84. The molecule has 0 N–H and O–H groups in total. The van der Waals surface area contributed by atoms with E-state index in [2.05, 4.69) is 12.6 Å². The van der Waals surface area contributed by atoms with Gasteiger partial charge in [-0.1, -0.05) is 12.1 Å². The predicted octanol–water partition coefficient (Wildman–Crippen LogP) is 2.02. The maximum absolute atomic E-state index is 11.9. The van der Waals surface area contributed by atoms with Gasteiger partial charge in [-0.2, -0.15) is 12.6 Å². The van der Waals surface area contributed by atoms with Gasteiger partial charge in [-0.05, 0) is 29.7 Å². The smallest absolute Gasteiger partial charge is 0.222 e. The summed E-state index contributed by atoms with van der Waals surface area (Å²) >= 11 is 4.28. The van der Waals surface area contributed by atoms with E-state index in [0.717, 1.165) is 35.8 Å². The molecule has 110 valence electrons. The average molecular weight is 295 g/mol. The van der Waals surface area contributed by atoms with E-state index in [0.29, 0.717) is 18.9 Å². The molecular formula is C15H21NO3S. The van der Waals surface area contributed by atoms with Crippen molar-refractivity contribution in [2.45, 2.75) is 12.8 Å². The van der Waals surface area contributed by atoms with Crippen LogP contribution >= 0.6 is 12.6 Å². The molecule has 0 radical (unpaired) electrons. The Bertz CT molecular complexity index is 478. The monoisotopic (exact) mass is 295 g/mol. The van der Waals surface area contributed by atoms with Crippen LogP contribution in [0.2, 0.25) is 0 Å². The third-order valence-corrected chi connectivity index (χ3v) is 4.20. The number of rotatable bonds is 6. The number of carbonyl (C=O) groups excluding carboxylic acids is 1. The van der Waals surface area contributed by atoms with Crippen LogP contribution in [0.1, 0.15) is 12.0 Å². The molecule has 1 aliphatic rings. The summed E-state index contributed by atoms with van der Waals surface area (Å²) in [5.41, 5.74) is 1.06. The summed E-state index contributed by atoms with van der Waals surface area (Å²) in [4.78, 5) is 13.8. The van der Waals surface area contributed by atoms with Gasteiger partial charge in [0.25, 0.3) is 0 Å². The topological polar surface area (TPSA) is 38.8 Å². The van der Waals surface area contributed by atoms with E-state index in [1.54, 1.807) is 14.2 Å². The molecule has 1 saturated heterocycles. The minimum absolute atomic E-state index is 0.228. The number of hydrogen-bond donors (Lipinski definition) is 1. The van der Waals surface area contributed by atoms with Gasteiger partial charge in [0.2, 0.25) is 5.91 Å². The van der Waals surface area contributed by atoms with Crippen LogP contribution in [0.5, 0.6) is 11.5 Å². The molecule has 1 aromatic carbocycles. The lowest BCUT2D eigenvalue weighted by molar-refractivity contribution is -0.127. The number of para-hydroxylation sites is 1. The summed E-state index contributed by atoms with van der Waals surface area (Å²) in [5, 5.41) is 0. The Morgan fingerprint density at radius 2 is 2.15 bits per heavy atom. The first-order chi connectivity index (χ1) is 9.69. The Morgan fingerprint density at radius 3 is 2.75 bits per heavy atom. The second-order valence-corrected chi connectivity index (χ2v) is 5.36. The fraction of sp³-hybridized carbons (Fsp3) is 0.533. The number of methoxy groups -OCH3 is 2. The van der Waals surface area contributed by atoms with E-state index in [4.69, 9.17) is 9.47 Å². The van der Waals surface area contributed by atoms with Gasteiger partial charge in [-0.3, -0.25) is 4.79 Å². The molecule has 1 amide bonds. The SMILES string of the molecule is COc1cccc(CCN2CC(CS)CC2=O)c1OC. The molecule has 2 rings (SSSR count). The van der Waals surface area contributed by atoms with E-state index in [-0.39, 0.29) is 5.91 Å². The van der Waals surface area contributed by atoms with Crippen molar-refractivity contribution in [3.8, 4) is 11.5 Å². The number of thiol groups is 1. The Labute approximate surface area is 125 Å². The highest BCUT2D eigenvalue weighted by Gasteiger charge is 2.28. The van der Waals surface area contributed by atoms with Crippen molar-refractivity contribution in [2.24, 2.45) is 5.92 Å². The third kappa shape index (κ3) is 3.20. The highest BCUT2D eigenvalue weighted by atomic mass is 32.1. The van der Waals surface area contributed by atoms with Crippen LogP contribution in [0.15, 0.2) is 18.2 Å². The van der Waals surface area contributed by atoms with E-state index in [1.807, 2.05) is 23.1 Å². The lowest BCUT2D eigenvalue weighted by Crippen LogP contribution is -2.27. The number of benzene rings is 1. The first kappa shape index (κ1) is 15.0. The highest BCUT2D eigenvalue weighted by Crippen LogP contribution is 2.31. The molecule has 1 aromatic rings. The van der Waals surface area contributed by atoms with Crippen molar-refractivity contribution in [1.82, 2.24) is 4.90 Å². The molecule has 1 unspecified atom stereocenters. The van der Waals surface area contributed by atoms with Crippen LogP contribution in [0.4, 0.5) is 0 Å². The fourth-order valence-electron chi connectivity index (χ4n) is 2.60. The zero-order valence-corrected chi connectivity index (χ0v) is 12.9. The van der Waals surface area contributed by atoms with Gasteiger partial charge in [0.05, 0.1) is 14.2 Å². The fourth-order valence-corrected chi connectivity index (χ4v) is 2.84. The summed E-state index contributed by atoms with van der Waals surface area (Å²) in [5.74, 6) is 2.87. The minimum atomic E-state index is 0.228. The van der Waals surface area contributed by atoms with Crippen molar-refractivity contribution in [3.63, 3.8) is 0 Å². The Hall–Kier alpha value is -1.36. The summed E-state index contributed by atoms with van der Waals surface area (Å²) in [6.45, 7) is 1.53. The molecule has 0 aliphatic carbocycles. The molecule has 0 saturated carbocycles. The number of carbonyl (C=O) groups is 1. The van der Waals surface area contributed by atoms with Gasteiger partial charge < -0.3 is 14.4 Å². The van der Waals surface area contributed by atoms with Gasteiger partial charge in [-0.25, -0.2) is 0 Å². The molecular weight excluding hydrogens is 274 g/mol. The normalized spacial score (nSPS) is 18.4. The molecule has 5 heteroatoms. The van der Waals surface area contributed by atoms with Crippen molar-refractivity contribution in [3.05, 3.63) is 23.8 Å². The number of ether oxygens (including phenoxy) is 2. The first-order valence-corrected chi connectivity index (χ1v) is 7.41. The van der Waals surface area contributed by atoms with Crippen molar-refractivity contribution in [2.75, 3.05) is 33.1 Å². The maximum Gasteiger partial charge on any atom is 0.222 e. The molecule has 20 heavy (non-hydrogen) atoms. The lowest BCUT2D eigenvalue weighted by Gasteiger charge is -2.18. The molecule has 0 spiro atoms. The van der Waals surface area contributed by atoms with Crippen LogP contribution < -0.4 is 9.47 Å². The molecule has 1 atom stereocenters. The zero-order valence-electron chi connectivity index (χ0n) is 12.0. The predicted molar refractivity (Wildman–Crippen MR) is 81.8 cm³/mol. The van der Waals surface area contributed by atoms with Gasteiger partial charge >= 0.3 is 0 Å². The van der Waals surface area contributed by atoms with E-state index in [9.17, 15) is 4.79 Å². The van der Waals surface area contributed by atoms with Gasteiger partial charge in [0.1, 0.15) is 0 Å². The third-order valence-electron chi connectivity index (χ3n) is 3.69. The Balaban J connectivity index is 2.02. The van der Waals surface area contributed by atoms with E-state index >= 15 is 0 Å². The number of nitrogens with zero attached hydrogens (tertiary/aromatic N) is 1. The van der Waals surface area contributed by atoms with Gasteiger partial charge in [0, 0.05) is 19.5 Å². The molecule has 1 aliphatic heterocycles. The van der Waals surface area contributed by atoms with Crippen molar-refractivity contribution >= 4 is 18.5 Å². The largest absolute Gasteiger partial charge is 0.493 e. The van der Waals surface area contributed by atoms with Gasteiger partial charge in [0.15, 0.2) is 11.5 Å². The summed E-state index contributed by atoms with van der Waals surface area (Å²) in [6.07, 6.45) is 1.39. The van der Waals surface area contributed by atoms with Gasteiger partial charge in [-0.15, -0.1) is 0 Å². The maximum atomic E-state index is 11.9. The summed E-state index contributed by atoms with van der Waals surface area (Å²) in [6, 6.07) is 5.83. The van der Waals surface area contributed by atoms with Crippen LogP contribution in [-0.4, -0.2) is 43.9 Å². The second kappa shape index (κ2) is 6.88.